The number of thioether (sulfide) groups is 1. The first-order chi connectivity index (χ1) is 11.2. The maximum Gasteiger partial charge on any atom is 0.313 e. The second-order valence-electron chi connectivity index (χ2n) is 5.24. The van der Waals surface area contributed by atoms with Crippen LogP contribution in [-0.2, 0) is 4.79 Å². The van der Waals surface area contributed by atoms with E-state index in [1.807, 2.05) is 24.3 Å². The lowest BCUT2D eigenvalue weighted by Crippen LogP contribution is -2.34. The number of aromatic nitrogens is 3. The zero-order valence-electron chi connectivity index (χ0n) is 12.5. The highest BCUT2D eigenvalue weighted by Gasteiger charge is 2.14. The van der Waals surface area contributed by atoms with Crippen molar-refractivity contribution in [2.24, 2.45) is 0 Å². The van der Waals surface area contributed by atoms with Crippen molar-refractivity contribution < 1.29 is 14.6 Å². The topological polar surface area (TPSA) is 100 Å². The third-order valence-electron chi connectivity index (χ3n) is 3.51. The molecule has 0 unspecified atom stereocenters. The van der Waals surface area contributed by atoms with Crippen molar-refractivity contribution in [3.8, 4) is 17.1 Å². The van der Waals surface area contributed by atoms with Gasteiger partial charge in [-0.15, -0.1) is 5.10 Å². The lowest BCUT2D eigenvalue weighted by atomic mass is 10.1. The first kappa shape index (κ1) is 15.8. The lowest BCUT2D eigenvalue weighted by Gasteiger charge is -2.23. The molecule has 0 spiro atoms. The van der Waals surface area contributed by atoms with Crippen LogP contribution in [0.4, 0.5) is 0 Å². The number of ether oxygens (including phenoxy) is 1. The lowest BCUT2D eigenvalue weighted by molar-refractivity contribution is -0.133. The highest BCUT2D eigenvalue weighted by molar-refractivity contribution is 7.99. The highest BCUT2D eigenvalue weighted by atomic mass is 32.2. The van der Waals surface area contributed by atoms with Gasteiger partial charge in [0.1, 0.15) is 11.9 Å². The Labute approximate surface area is 137 Å². The summed E-state index contributed by atoms with van der Waals surface area (Å²) >= 11 is 1.09. The van der Waals surface area contributed by atoms with Gasteiger partial charge in [0.25, 0.3) is 0 Å². The third-order valence-corrected chi connectivity index (χ3v) is 4.34. The maximum absolute atomic E-state index is 10.5. The quantitative estimate of drug-likeness (QED) is 0.692. The standard InChI is InChI=1S/C15H18N4O3S/c20-13(21)9-23-15-17-14(18-19-15)10-1-3-11(4-2-10)22-12-5-7-16-8-6-12/h1-4,12,16H,5-9H2,(H,20,21)(H,17,18,19). The number of aliphatic carboxylic acids is 1. The van der Waals surface area contributed by atoms with Crippen LogP contribution in [0.2, 0.25) is 0 Å². The molecule has 7 nitrogen and oxygen atoms in total. The van der Waals surface area contributed by atoms with E-state index < -0.39 is 5.97 Å². The highest BCUT2D eigenvalue weighted by Crippen LogP contribution is 2.23. The Morgan fingerprint density at radius 1 is 1.30 bits per heavy atom. The SMILES string of the molecule is O=C(O)CSc1n[nH]c(-c2ccc(OC3CCNCC3)cc2)n1. The summed E-state index contributed by atoms with van der Waals surface area (Å²) in [5.41, 5.74) is 0.886. The number of H-pyrrole nitrogens is 1. The minimum Gasteiger partial charge on any atom is -0.490 e. The molecule has 1 saturated heterocycles. The van der Waals surface area contributed by atoms with Gasteiger partial charge >= 0.3 is 5.97 Å². The van der Waals surface area contributed by atoms with Crippen LogP contribution in [0.5, 0.6) is 5.75 Å². The van der Waals surface area contributed by atoms with Crippen LogP contribution in [0.3, 0.4) is 0 Å². The van der Waals surface area contributed by atoms with Crippen LogP contribution in [0.25, 0.3) is 11.4 Å². The molecule has 0 radical (unpaired) electrons. The van der Waals surface area contributed by atoms with Crippen LogP contribution in [-0.4, -0.2) is 51.2 Å². The van der Waals surface area contributed by atoms with E-state index >= 15 is 0 Å². The summed E-state index contributed by atoms with van der Waals surface area (Å²) in [5.74, 6) is 0.521. The summed E-state index contributed by atoms with van der Waals surface area (Å²) < 4.78 is 5.96. The third kappa shape index (κ3) is 4.46. The summed E-state index contributed by atoms with van der Waals surface area (Å²) in [4.78, 5) is 14.8. The van der Waals surface area contributed by atoms with Crippen molar-refractivity contribution >= 4 is 17.7 Å². The van der Waals surface area contributed by atoms with E-state index in [-0.39, 0.29) is 11.9 Å². The molecule has 2 aromatic rings. The molecule has 1 aromatic heterocycles. The average molecular weight is 334 g/mol. The molecule has 122 valence electrons. The molecule has 23 heavy (non-hydrogen) atoms. The Morgan fingerprint density at radius 2 is 2.04 bits per heavy atom. The number of hydrogen-bond acceptors (Lipinski definition) is 6. The zero-order valence-corrected chi connectivity index (χ0v) is 13.3. The Hall–Kier alpha value is -2.06. The minimum atomic E-state index is -0.888. The van der Waals surface area contributed by atoms with Gasteiger partial charge in [0.05, 0.1) is 5.75 Å². The van der Waals surface area contributed by atoms with Crippen molar-refractivity contribution in [3.05, 3.63) is 24.3 Å². The van der Waals surface area contributed by atoms with E-state index in [0.717, 1.165) is 49.0 Å². The van der Waals surface area contributed by atoms with Crippen molar-refractivity contribution in [2.75, 3.05) is 18.8 Å². The Bertz CT molecular complexity index is 653. The fourth-order valence-corrected chi connectivity index (χ4v) is 2.88. The Morgan fingerprint density at radius 3 is 2.74 bits per heavy atom. The largest absolute Gasteiger partial charge is 0.490 e. The molecule has 0 saturated carbocycles. The summed E-state index contributed by atoms with van der Waals surface area (Å²) in [6, 6.07) is 7.68. The molecule has 3 rings (SSSR count). The zero-order chi connectivity index (χ0) is 16.1. The van der Waals surface area contributed by atoms with Crippen LogP contribution >= 0.6 is 11.8 Å². The minimum absolute atomic E-state index is 0.0552. The molecular weight excluding hydrogens is 316 g/mol. The van der Waals surface area contributed by atoms with Gasteiger partial charge in [-0.05, 0) is 50.2 Å². The Kier molecular flexibility index (Phi) is 5.14. The van der Waals surface area contributed by atoms with E-state index in [0.29, 0.717) is 11.0 Å². The smallest absolute Gasteiger partial charge is 0.313 e. The van der Waals surface area contributed by atoms with Gasteiger partial charge in [-0.2, -0.15) is 0 Å². The van der Waals surface area contributed by atoms with Gasteiger partial charge in [0.15, 0.2) is 5.82 Å². The van der Waals surface area contributed by atoms with E-state index in [9.17, 15) is 4.79 Å². The predicted molar refractivity (Wildman–Crippen MR) is 86.7 cm³/mol. The molecule has 3 N–H and O–H groups in total. The van der Waals surface area contributed by atoms with E-state index in [1.54, 1.807) is 0 Å². The number of nitrogens with zero attached hydrogens (tertiary/aromatic N) is 2. The molecule has 8 heteroatoms. The summed E-state index contributed by atoms with van der Waals surface area (Å²) in [5, 5.41) is 19.2. The number of carboxylic acids is 1. The number of benzene rings is 1. The summed E-state index contributed by atoms with van der Waals surface area (Å²) in [6.07, 6.45) is 2.31. The number of carboxylic acid groups (broad SMARTS) is 1. The molecular formula is C15H18N4O3S. The second kappa shape index (κ2) is 7.47. The fraction of sp³-hybridized carbons (Fsp3) is 0.400. The van der Waals surface area contributed by atoms with Crippen molar-refractivity contribution in [1.82, 2.24) is 20.5 Å². The van der Waals surface area contributed by atoms with E-state index in [2.05, 4.69) is 20.5 Å². The first-order valence-electron chi connectivity index (χ1n) is 7.45. The molecule has 0 aliphatic carbocycles. The van der Waals surface area contributed by atoms with Gasteiger partial charge in [-0.3, -0.25) is 9.89 Å². The number of rotatable bonds is 6. The normalized spacial score (nSPS) is 15.5. The molecule has 0 amide bonds. The number of hydrogen-bond donors (Lipinski definition) is 3. The number of carbonyl (C=O) groups is 1. The Balaban J connectivity index is 1.61. The average Bonchev–Trinajstić information content (AvgIpc) is 3.04. The van der Waals surface area contributed by atoms with Gasteiger partial charge in [-0.25, -0.2) is 4.98 Å². The second-order valence-corrected chi connectivity index (χ2v) is 6.18. The van der Waals surface area contributed by atoms with Crippen LogP contribution in [0, 0.1) is 0 Å². The van der Waals surface area contributed by atoms with Crippen LogP contribution in [0.15, 0.2) is 29.4 Å². The van der Waals surface area contributed by atoms with Gasteiger partial charge < -0.3 is 15.2 Å². The van der Waals surface area contributed by atoms with Crippen molar-refractivity contribution in [1.29, 1.82) is 0 Å². The van der Waals surface area contributed by atoms with Crippen molar-refractivity contribution in [2.45, 2.75) is 24.1 Å². The molecule has 2 heterocycles. The first-order valence-corrected chi connectivity index (χ1v) is 8.44. The molecule has 1 aliphatic heterocycles. The predicted octanol–water partition coefficient (Wildman–Crippen LogP) is 1.78. The van der Waals surface area contributed by atoms with Gasteiger partial charge in [0.2, 0.25) is 5.16 Å². The van der Waals surface area contributed by atoms with Gasteiger partial charge in [-0.1, -0.05) is 11.8 Å². The molecule has 0 atom stereocenters. The summed E-state index contributed by atoms with van der Waals surface area (Å²) in [7, 11) is 0. The van der Waals surface area contributed by atoms with Crippen LogP contribution < -0.4 is 10.1 Å². The van der Waals surface area contributed by atoms with Gasteiger partial charge in [0, 0.05) is 5.56 Å². The number of piperidine rings is 1. The number of aromatic amines is 1. The van der Waals surface area contributed by atoms with E-state index in [4.69, 9.17) is 9.84 Å². The molecule has 1 aliphatic rings. The van der Waals surface area contributed by atoms with Crippen LogP contribution in [0.1, 0.15) is 12.8 Å². The van der Waals surface area contributed by atoms with Crippen molar-refractivity contribution in [3.63, 3.8) is 0 Å². The molecule has 1 aromatic carbocycles. The fourth-order valence-electron chi connectivity index (χ4n) is 2.36. The maximum atomic E-state index is 10.5. The molecule has 1 fully saturated rings. The molecule has 0 bridgehead atoms. The monoisotopic (exact) mass is 334 g/mol. The van der Waals surface area contributed by atoms with E-state index in [1.165, 1.54) is 0 Å². The summed E-state index contributed by atoms with van der Waals surface area (Å²) in [6.45, 7) is 2.00. The number of nitrogens with one attached hydrogen (secondary N) is 2.